The first-order valence-electron chi connectivity index (χ1n) is 13.3. The first-order chi connectivity index (χ1) is 20.4. The summed E-state index contributed by atoms with van der Waals surface area (Å²) in [5.74, 6) is -1.26. The number of halogens is 2. The standard InChI is InChI=1S/C29H28ClFN6O5S/c1-5-20-26(22(10-11-32-20)43(4,41)42)37-28-17(14-18(30)25(33-28)24-19(31)8-7-9-21(24)38)27(34-29(37)40)36-13-12-35(15-16(36)3)23(39)6-2/h6-11,14,16,38H,2,5,12-13,15H2,1,3-4H3/t16-/m0/s1. The highest BCUT2D eigenvalue weighted by Crippen LogP contribution is 2.39. The predicted molar refractivity (Wildman–Crippen MR) is 161 cm³/mol. The molecule has 0 spiro atoms. The molecular weight excluding hydrogens is 599 g/mol. The molecule has 0 unspecified atom stereocenters. The number of sulfone groups is 1. The van der Waals surface area contributed by atoms with Gasteiger partial charge in [-0.3, -0.25) is 9.78 Å². The molecule has 1 saturated heterocycles. The molecule has 4 heterocycles. The van der Waals surface area contributed by atoms with E-state index >= 15 is 4.39 Å². The van der Waals surface area contributed by atoms with Crippen LogP contribution in [0.4, 0.5) is 10.2 Å². The van der Waals surface area contributed by atoms with Gasteiger partial charge >= 0.3 is 5.69 Å². The van der Waals surface area contributed by atoms with Gasteiger partial charge in [-0.1, -0.05) is 31.2 Å². The van der Waals surface area contributed by atoms with E-state index in [2.05, 4.69) is 21.5 Å². The summed E-state index contributed by atoms with van der Waals surface area (Å²) in [4.78, 5) is 42.8. The molecule has 0 saturated carbocycles. The molecule has 43 heavy (non-hydrogen) atoms. The molecule has 1 aliphatic heterocycles. The normalized spacial score (nSPS) is 15.6. The number of nitrogens with zero attached hydrogens (tertiary/aromatic N) is 6. The Morgan fingerprint density at radius 3 is 2.63 bits per heavy atom. The highest BCUT2D eigenvalue weighted by atomic mass is 35.5. The van der Waals surface area contributed by atoms with Gasteiger partial charge in [0.15, 0.2) is 15.5 Å². The van der Waals surface area contributed by atoms with Gasteiger partial charge in [0.05, 0.1) is 37.9 Å². The van der Waals surface area contributed by atoms with Crippen LogP contribution in [0.25, 0.3) is 28.0 Å². The molecule has 1 amide bonds. The number of carbonyl (C=O) groups is 1. The van der Waals surface area contributed by atoms with Gasteiger partial charge < -0.3 is 14.9 Å². The Balaban J connectivity index is 1.88. The first-order valence-corrected chi connectivity index (χ1v) is 15.6. The lowest BCUT2D eigenvalue weighted by atomic mass is 10.1. The second kappa shape index (κ2) is 11.4. The summed E-state index contributed by atoms with van der Waals surface area (Å²) in [6.45, 7) is 8.11. The number of rotatable bonds is 6. The Morgan fingerprint density at radius 2 is 2.00 bits per heavy atom. The topological polar surface area (TPSA) is 139 Å². The number of hydrogen-bond donors (Lipinski definition) is 1. The molecule has 0 aliphatic carbocycles. The molecule has 4 aromatic rings. The van der Waals surface area contributed by atoms with Crippen molar-refractivity contribution in [3.05, 3.63) is 76.2 Å². The highest BCUT2D eigenvalue weighted by molar-refractivity contribution is 7.90. The molecule has 1 aromatic carbocycles. The van der Waals surface area contributed by atoms with Crippen LogP contribution < -0.4 is 10.6 Å². The quantitative estimate of drug-likeness (QED) is 0.319. The molecule has 1 fully saturated rings. The Labute approximate surface area is 251 Å². The lowest BCUT2D eigenvalue weighted by Gasteiger charge is -2.40. The zero-order valence-electron chi connectivity index (χ0n) is 23.6. The second-order valence-corrected chi connectivity index (χ2v) is 12.5. The largest absolute Gasteiger partial charge is 0.507 e. The summed E-state index contributed by atoms with van der Waals surface area (Å²) in [6, 6.07) is 6.17. The summed E-state index contributed by atoms with van der Waals surface area (Å²) >= 11 is 6.67. The van der Waals surface area contributed by atoms with Crippen LogP contribution in [0, 0.1) is 5.82 Å². The lowest BCUT2D eigenvalue weighted by molar-refractivity contribution is -0.126. The van der Waals surface area contributed by atoms with E-state index in [1.807, 2.05) is 11.8 Å². The van der Waals surface area contributed by atoms with Crippen molar-refractivity contribution in [3.63, 3.8) is 0 Å². The third-order valence-electron chi connectivity index (χ3n) is 7.34. The van der Waals surface area contributed by atoms with E-state index in [9.17, 15) is 23.1 Å². The van der Waals surface area contributed by atoms with Crippen molar-refractivity contribution in [2.24, 2.45) is 0 Å². The highest BCUT2D eigenvalue weighted by Gasteiger charge is 2.31. The molecule has 224 valence electrons. The molecule has 14 heteroatoms. The monoisotopic (exact) mass is 626 g/mol. The van der Waals surface area contributed by atoms with Crippen molar-refractivity contribution in [1.82, 2.24) is 24.4 Å². The molecule has 5 rings (SSSR count). The van der Waals surface area contributed by atoms with Crippen LogP contribution in [0.3, 0.4) is 0 Å². The van der Waals surface area contributed by atoms with E-state index in [-0.39, 0.29) is 67.8 Å². The van der Waals surface area contributed by atoms with E-state index in [1.165, 1.54) is 36.5 Å². The van der Waals surface area contributed by atoms with Crippen LogP contribution in [0.2, 0.25) is 5.02 Å². The number of amides is 1. The zero-order valence-corrected chi connectivity index (χ0v) is 25.2. The number of hydrogen-bond acceptors (Lipinski definition) is 9. The summed E-state index contributed by atoms with van der Waals surface area (Å²) in [6.07, 6.45) is 3.85. The van der Waals surface area contributed by atoms with Crippen molar-refractivity contribution in [2.45, 2.75) is 31.2 Å². The van der Waals surface area contributed by atoms with Gasteiger partial charge in [0.2, 0.25) is 5.91 Å². The summed E-state index contributed by atoms with van der Waals surface area (Å²) in [7, 11) is -3.88. The number of anilines is 1. The van der Waals surface area contributed by atoms with Crippen molar-refractivity contribution in [3.8, 4) is 22.7 Å². The van der Waals surface area contributed by atoms with Gasteiger partial charge in [-0.2, -0.15) is 4.98 Å². The minimum absolute atomic E-state index is 0.0328. The molecule has 1 aliphatic rings. The van der Waals surface area contributed by atoms with Crippen molar-refractivity contribution in [1.29, 1.82) is 0 Å². The lowest BCUT2D eigenvalue weighted by Crippen LogP contribution is -2.54. The van der Waals surface area contributed by atoms with E-state index < -0.39 is 27.1 Å². The number of carbonyl (C=O) groups excluding carboxylic acids is 1. The maximum absolute atomic E-state index is 15.0. The van der Waals surface area contributed by atoms with Gasteiger partial charge in [-0.15, -0.1) is 0 Å². The third kappa shape index (κ3) is 5.34. The van der Waals surface area contributed by atoms with Crippen LogP contribution >= 0.6 is 11.6 Å². The number of aryl methyl sites for hydroxylation is 1. The van der Waals surface area contributed by atoms with Crippen molar-refractivity contribution >= 4 is 44.2 Å². The van der Waals surface area contributed by atoms with Crippen molar-refractivity contribution in [2.75, 3.05) is 30.8 Å². The number of phenols is 1. The zero-order chi connectivity index (χ0) is 31.2. The number of aromatic nitrogens is 4. The van der Waals surface area contributed by atoms with Gasteiger partial charge in [-0.05, 0) is 43.7 Å². The smallest absolute Gasteiger partial charge is 0.355 e. The number of fused-ring (bicyclic) bond motifs is 1. The van der Waals surface area contributed by atoms with Crippen LogP contribution in [-0.2, 0) is 21.1 Å². The molecule has 0 radical (unpaired) electrons. The Morgan fingerprint density at radius 1 is 1.26 bits per heavy atom. The third-order valence-corrected chi connectivity index (χ3v) is 8.75. The summed E-state index contributed by atoms with van der Waals surface area (Å²) < 4.78 is 41.9. The van der Waals surface area contributed by atoms with Gasteiger partial charge in [0.25, 0.3) is 0 Å². The fourth-order valence-electron chi connectivity index (χ4n) is 5.32. The van der Waals surface area contributed by atoms with E-state index in [0.29, 0.717) is 19.6 Å². The number of pyridine rings is 2. The fraction of sp³-hybridized carbons (Fsp3) is 0.276. The molecule has 3 aromatic heterocycles. The van der Waals surface area contributed by atoms with Gasteiger partial charge in [-0.25, -0.2) is 27.2 Å². The van der Waals surface area contributed by atoms with Gasteiger partial charge in [0.1, 0.15) is 17.4 Å². The molecular formula is C29H28ClFN6O5S. The first kappa shape index (κ1) is 30.1. The van der Waals surface area contributed by atoms with Crippen LogP contribution in [0.5, 0.6) is 5.75 Å². The van der Waals surface area contributed by atoms with E-state index in [1.54, 1.807) is 11.8 Å². The van der Waals surface area contributed by atoms with Crippen molar-refractivity contribution < 1.29 is 22.7 Å². The van der Waals surface area contributed by atoms with Crippen LogP contribution in [-0.4, -0.2) is 75.8 Å². The predicted octanol–water partition coefficient (Wildman–Crippen LogP) is 3.53. The van der Waals surface area contributed by atoms with Gasteiger partial charge in [0, 0.05) is 38.1 Å². The Hall–Kier alpha value is -4.36. The minimum Gasteiger partial charge on any atom is -0.507 e. The molecule has 0 bridgehead atoms. The molecule has 1 atom stereocenters. The minimum atomic E-state index is -3.88. The SMILES string of the molecule is C=CC(=O)N1CCN(c2nc(=O)n(-c3c(S(C)(=O)=O)ccnc3CC)c3nc(-c4c(O)cccc4F)c(Cl)cc23)[C@@H](C)C1. The number of benzene rings is 1. The average Bonchev–Trinajstić information content (AvgIpc) is 2.96. The maximum atomic E-state index is 15.0. The number of aromatic hydroxyl groups is 1. The van der Waals surface area contributed by atoms with Crippen LogP contribution in [0.1, 0.15) is 19.5 Å². The van der Waals surface area contributed by atoms with E-state index in [0.717, 1.165) is 16.9 Å². The second-order valence-electron chi connectivity index (χ2n) is 10.1. The fourth-order valence-corrected chi connectivity index (χ4v) is 6.44. The number of phenolic OH excluding ortho intramolecular Hbond substituents is 1. The summed E-state index contributed by atoms with van der Waals surface area (Å²) in [5, 5.41) is 10.8. The number of piperazine rings is 1. The Kier molecular flexibility index (Phi) is 7.97. The molecule has 11 nitrogen and oxygen atoms in total. The molecule has 1 N–H and O–H groups in total. The summed E-state index contributed by atoms with van der Waals surface area (Å²) in [5.41, 5.74) is -1.12. The Bertz CT molecular complexity index is 1950. The maximum Gasteiger partial charge on any atom is 0.355 e. The van der Waals surface area contributed by atoms with E-state index in [4.69, 9.17) is 11.6 Å². The van der Waals surface area contributed by atoms with Crippen LogP contribution in [0.15, 0.2) is 58.9 Å². The average molecular weight is 627 g/mol.